The highest BCUT2D eigenvalue weighted by Gasteiger charge is 2.21. The number of nitrogen functional groups attached to an aromatic ring is 1. The van der Waals surface area contributed by atoms with Crippen LogP contribution in [0, 0.1) is 0 Å². The molecule has 0 unspecified atom stereocenters. The van der Waals surface area contributed by atoms with Crippen LogP contribution in [-0.4, -0.2) is 19.0 Å². The predicted octanol–water partition coefficient (Wildman–Crippen LogP) is 5.06. The van der Waals surface area contributed by atoms with Crippen molar-refractivity contribution in [2.75, 3.05) is 23.0 Å². The Morgan fingerprint density at radius 2 is 1.70 bits per heavy atom. The van der Waals surface area contributed by atoms with E-state index in [4.69, 9.17) is 5.73 Å². The third kappa shape index (κ3) is 6.05. The molecule has 3 N–H and O–H groups in total. The van der Waals surface area contributed by atoms with Crippen LogP contribution in [0.3, 0.4) is 0 Å². The number of rotatable bonds is 6. The quantitative estimate of drug-likeness (QED) is 0.655. The molecule has 27 heavy (non-hydrogen) atoms. The van der Waals surface area contributed by atoms with Gasteiger partial charge < -0.3 is 16.0 Å². The first-order valence-corrected chi connectivity index (χ1v) is 9.10. The van der Waals surface area contributed by atoms with Gasteiger partial charge in [0.25, 0.3) is 0 Å². The Balaban J connectivity index is 0.00000182. The molecule has 6 heteroatoms. The largest absolute Gasteiger partial charge is 0.399 e. The average Bonchev–Trinajstić information content (AvgIpc) is 3.15. The minimum absolute atomic E-state index is 0. The first-order chi connectivity index (χ1) is 12.1. The second kappa shape index (κ2) is 11.1. The van der Waals surface area contributed by atoms with Crippen molar-refractivity contribution < 1.29 is 4.79 Å². The van der Waals surface area contributed by atoms with Gasteiger partial charge in [-0.25, -0.2) is 0 Å². The van der Waals surface area contributed by atoms with Crippen LogP contribution < -0.4 is 16.0 Å². The van der Waals surface area contributed by atoms with Crippen LogP contribution in [-0.2, 0) is 11.2 Å². The molecule has 2 aromatic rings. The fraction of sp³-hybridized carbons (Fsp3) is 0.381. The van der Waals surface area contributed by atoms with Crippen molar-refractivity contribution >= 4 is 47.8 Å². The van der Waals surface area contributed by atoms with Gasteiger partial charge in [0.05, 0.1) is 11.4 Å². The molecule has 3 rings (SSSR count). The summed E-state index contributed by atoms with van der Waals surface area (Å²) in [5, 5.41) is 3.08. The lowest BCUT2D eigenvalue weighted by Gasteiger charge is -2.28. The van der Waals surface area contributed by atoms with Gasteiger partial charge in [0, 0.05) is 25.2 Å². The normalized spacial score (nSPS) is 13.4. The van der Waals surface area contributed by atoms with Crippen LogP contribution in [0.1, 0.15) is 37.7 Å². The maximum Gasteiger partial charge on any atom is 0.224 e. The van der Waals surface area contributed by atoms with Gasteiger partial charge in [-0.2, -0.15) is 0 Å². The lowest BCUT2D eigenvalue weighted by atomic mass is 10.1. The molecule has 0 radical (unpaired) electrons. The fourth-order valence-corrected chi connectivity index (χ4v) is 3.60. The molecule has 0 atom stereocenters. The first-order valence-electron chi connectivity index (χ1n) is 9.10. The summed E-state index contributed by atoms with van der Waals surface area (Å²) in [6.07, 6.45) is 6.12. The summed E-state index contributed by atoms with van der Waals surface area (Å²) in [6.45, 7) is 0. The number of nitrogens with two attached hydrogens (primary N) is 1. The van der Waals surface area contributed by atoms with E-state index >= 15 is 0 Å². The van der Waals surface area contributed by atoms with Crippen LogP contribution in [0.15, 0.2) is 48.5 Å². The topological polar surface area (TPSA) is 58.4 Å². The maximum absolute atomic E-state index is 12.4. The number of carbonyl (C=O) groups is 1. The zero-order valence-corrected chi connectivity index (χ0v) is 17.3. The van der Waals surface area contributed by atoms with E-state index in [9.17, 15) is 4.79 Å². The highest BCUT2D eigenvalue weighted by Crippen LogP contribution is 2.31. The molecule has 1 saturated carbocycles. The van der Waals surface area contributed by atoms with E-state index in [1.54, 1.807) is 0 Å². The molecule has 4 nitrogen and oxygen atoms in total. The number of hydrogen-bond acceptors (Lipinski definition) is 3. The molecule has 0 saturated heterocycles. The lowest BCUT2D eigenvalue weighted by Crippen LogP contribution is -2.29. The van der Waals surface area contributed by atoms with Gasteiger partial charge in [0.2, 0.25) is 5.91 Å². The molecule has 2 aromatic carbocycles. The van der Waals surface area contributed by atoms with E-state index in [1.165, 1.54) is 25.7 Å². The van der Waals surface area contributed by atoms with Gasteiger partial charge in [0.1, 0.15) is 0 Å². The molecule has 1 fully saturated rings. The smallest absolute Gasteiger partial charge is 0.224 e. The zero-order chi connectivity index (χ0) is 17.6. The van der Waals surface area contributed by atoms with Gasteiger partial charge >= 0.3 is 0 Å². The highest BCUT2D eigenvalue weighted by atomic mass is 35.5. The van der Waals surface area contributed by atoms with Crippen LogP contribution in [0.2, 0.25) is 0 Å². The standard InChI is InChI=1S/C21H27N3O.2ClH/c1-24(17-9-3-4-10-17)20-13-7-6-12-19(20)23-21(25)15-14-16-8-2-5-11-18(16)22;;/h2,5-8,11-13,17H,3-4,9-10,14-15,22H2,1H3,(H,23,25);2*1H. The van der Waals surface area contributed by atoms with Crippen LogP contribution in [0.5, 0.6) is 0 Å². The number of nitrogens with zero attached hydrogens (tertiary/aromatic N) is 1. The van der Waals surface area contributed by atoms with E-state index in [0.717, 1.165) is 22.6 Å². The minimum atomic E-state index is 0. The summed E-state index contributed by atoms with van der Waals surface area (Å²) < 4.78 is 0. The van der Waals surface area contributed by atoms with Crippen LogP contribution in [0.25, 0.3) is 0 Å². The number of amides is 1. The summed E-state index contributed by atoms with van der Waals surface area (Å²) in [5.41, 5.74) is 9.71. The van der Waals surface area contributed by atoms with Crippen molar-refractivity contribution in [3.63, 3.8) is 0 Å². The van der Waals surface area contributed by atoms with Gasteiger partial charge in [0.15, 0.2) is 0 Å². The number of nitrogens with one attached hydrogen (secondary N) is 1. The van der Waals surface area contributed by atoms with Crippen LogP contribution in [0.4, 0.5) is 17.1 Å². The number of hydrogen-bond donors (Lipinski definition) is 2. The third-order valence-electron chi connectivity index (χ3n) is 5.11. The molecule has 0 aromatic heterocycles. The molecule has 1 amide bonds. The molecular formula is C21H29Cl2N3O. The number of aryl methyl sites for hydroxylation is 1. The monoisotopic (exact) mass is 409 g/mol. The predicted molar refractivity (Wildman–Crippen MR) is 119 cm³/mol. The number of benzene rings is 2. The molecule has 0 aliphatic heterocycles. The lowest BCUT2D eigenvalue weighted by molar-refractivity contribution is -0.116. The van der Waals surface area contributed by atoms with E-state index in [1.807, 2.05) is 42.5 Å². The molecule has 0 heterocycles. The Bertz CT molecular complexity index is 733. The van der Waals surface area contributed by atoms with Gasteiger partial charge in [-0.1, -0.05) is 43.2 Å². The Hall–Kier alpha value is -1.91. The Morgan fingerprint density at radius 1 is 1.07 bits per heavy atom. The van der Waals surface area contributed by atoms with Crippen molar-refractivity contribution in [3.05, 3.63) is 54.1 Å². The number of para-hydroxylation sites is 3. The van der Waals surface area contributed by atoms with Crippen molar-refractivity contribution in [3.8, 4) is 0 Å². The first kappa shape index (κ1) is 23.1. The molecule has 148 valence electrons. The van der Waals surface area contributed by atoms with Gasteiger partial charge in [-0.15, -0.1) is 24.8 Å². The van der Waals surface area contributed by atoms with Crippen molar-refractivity contribution in [2.24, 2.45) is 0 Å². The molecule has 0 bridgehead atoms. The molecule has 1 aliphatic carbocycles. The van der Waals surface area contributed by atoms with Gasteiger partial charge in [-0.05, 0) is 43.0 Å². The molecular weight excluding hydrogens is 381 g/mol. The summed E-state index contributed by atoms with van der Waals surface area (Å²) in [5.74, 6) is 0.0236. The zero-order valence-electron chi connectivity index (χ0n) is 15.7. The summed E-state index contributed by atoms with van der Waals surface area (Å²) in [4.78, 5) is 14.7. The number of halogens is 2. The minimum Gasteiger partial charge on any atom is -0.399 e. The fourth-order valence-electron chi connectivity index (χ4n) is 3.60. The maximum atomic E-state index is 12.4. The van der Waals surface area contributed by atoms with Crippen molar-refractivity contribution in [1.29, 1.82) is 0 Å². The van der Waals surface area contributed by atoms with E-state index in [0.29, 0.717) is 18.9 Å². The summed E-state index contributed by atoms with van der Waals surface area (Å²) >= 11 is 0. The van der Waals surface area contributed by atoms with Crippen molar-refractivity contribution in [1.82, 2.24) is 0 Å². The molecule has 0 spiro atoms. The van der Waals surface area contributed by atoms with Crippen molar-refractivity contribution in [2.45, 2.75) is 44.6 Å². The summed E-state index contributed by atoms with van der Waals surface area (Å²) in [7, 11) is 2.13. The third-order valence-corrected chi connectivity index (χ3v) is 5.11. The Morgan fingerprint density at radius 3 is 2.41 bits per heavy atom. The highest BCUT2D eigenvalue weighted by molar-refractivity contribution is 5.94. The Kier molecular flexibility index (Phi) is 9.47. The number of carbonyl (C=O) groups excluding carboxylic acids is 1. The SMILES string of the molecule is CN(c1ccccc1NC(=O)CCc1ccccc1N)C1CCCC1.Cl.Cl. The number of anilines is 3. The Labute approximate surface area is 174 Å². The molecule has 1 aliphatic rings. The second-order valence-electron chi connectivity index (χ2n) is 6.81. The van der Waals surface area contributed by atoms with Gasteiger partial charge in [-0.3, -0.25) is 4.79 Å². The van der Waals surface area contributed by atoms with E-state index in [-0.39, 0.29) is 30.7 Å². The van der Waals surface area contributed by atoms with Crippen LogP contribution >= 0.6 is 24.8 Å². The summed E-state index contributed by atoms with van der Waals surface area (Å²) in [6, 6.07) is 16.4. The average molecular weight is 410 g/mol. The van der Waals surface area contributed by atoms with E-state index < -0.39 is 0 Å². The second-order valence-corrected chi connectivity index (χ2v) is 6.81. The van der Waals surface area contributed by atoms with E-state index in [2.05, 4.69) is 23.3 Å².